The summed E-state index contributed by atoms with van der Waals surface area (Å²) in [5.74, 6) is 1.69. The second kappa shape index (κ2) is 18.1. The smallest absolute Gasteiger partial charge is 0.175 e. The van der Waals surface area contributed by atoms with Gasteiger partial charge in [-0.2, -0.15) is 0 Å². The van der Waals surface area contributed by atoms with Crippen molar-refractivity contribution in [2.75, 3.05) is 23.8 Å². The average molecular weight is 549 g/mol. The summed E-state index contributed by atoms with van der Waals surface area (Å²) in [6.07, 6.45) is 5.84. The van der Waals surface area contributed by atoms with Crippen molar-refractivity contribution >= 4 is 49.8 Å². The van der Waals surface area contributed by atoms with Crippen molar-refractivity contribution in [1.82, 2.24) is 0 Å². The number of thiocarbonyl (C=S) groups is 1. The molecule has 4 nitrogen and oxygen atoms in total. The maximum atomic E-state index is 5.40. The van der Waals surface area contributed by atoms with Crippen molar-refractivity contribution in [3.63, 3.8) is 0 Å². The maximum absolute atomic E-state index is 5.40. The summed E-state index contributed by atoms with van der Waals surface area (Å²) in [4.78, 5) is 0. The van der Waals surface area contributed by atoms with Crippen molar-refractivity contribution < 1.29 is 9.47 Å². The summed E-state index contributed by atoms with van der Waals surface area (Å²) >= 11 is 5.45. The van der Waals surface area contributed by atoms with Gasteiger partial charge in [-0.05, 0) is 74.6 Å². The minimum Gasteiger partial charge on any atom is -0.494 e. The van der Waals surface area contributed by atoms with Crippen LogP contribution in [-0.2, 0) is 0 Å². The number of hydrogen-bond acceptors (Lipinski definition) is 3. The summed E-state index contributed by atoms with van der Waals surface area (Å²) in [7, 11) is 0. The first-order valence-electron chi connectivity index (χ1n) is 11.4. The van der Waals surface area contributed by atoms with Crippen LogP contribution in [0.15, 0.2) is 48.5 Å². The minimum absolute atomic E-state index is 0.149. The average Bonchev–Trinajstić information content (AvgIpc) is 2.77. The van der Waals surface area contributed by atoms with Crippen molar-refractivity contribution in [2.24, 2.45) is 0 Å². The summed E-state index contributed by atoms with van der Waals surface area (Å²) < 4.78 is 14.1. The van der Waals surface area contributed by atoms with E-state index in [1.807, 2.05) is 62.4 Å². The molecule has 0 fully saturated rings. The zero-order valence-corrected chi connectivity index (χ0v) is 23.2. The van der Waals surface area contributed by atoms with Crippen molar-refractivity contribution in [1.29, 1.82) is 0 Å². The number of nitrogens with one attached hydrogen (secondary N) is 2. The van der Waals surface area contributed by atoms with E-state index in [0.29, 0.717) is 18.3 Å². The van der Waals surface area contributed by atoms with Gasteiger partial charge in [0, 0.05) is 11.4 Å². The van der Waals surface area contributed by atoms with E-state index in [-0.39, 0.29) is 21.1 Å². The molecule has 2 rings (SSSR count). The number of rotatable bonds is 12. The van der Waals surface area contributed by atoms with Crippen LogP contribution >= 0.6 is 12.2 Å². The van der Waals surface area contributed by atoms with Gasteiger partial charge in [0.1, 0.15) is 11.5 Å². The molecule has 0 bridgehead atoms. The first-order valence-corrected chi connectivity index (χ1v) is 15.8. The second-order valence-electron chi connectivity index (χ2n) is 6.95. The summed E-state index contributed by atoms with van der Waals surface area (Å²) in [5, 5.41) is 6.80. The Morgan fingerprint density at radius 1 is 0.710 bits per heavy atom. The summed E-state index contributed by atoms with van der Waals surface area (Å²) in [6, 6.07) is 15.3. The molecule has 0 saturated carbocycles. The Balaban J connectivity index is 0.000000452. The van der Waals surface area contributed by atoms with Gasteiger partial charge in [0.05, 0.1) is 13.2 Å². The zero-order chi connectivity index (χ0) is 22.7. The van der Waals surface area contributed by atoms with E-state index in [0.717, 1.165) is 22.9 Å². The van der Waals surface area contributed by atoms with E-state index in [2.05, 4.69) is 24.5 Å². The van der Waals surface area contributed by atoms with Gasteiger partial charge in [0.25, 0.3) is 0 Å². The number of unbranched alkanes of at least 4 members (excludes halogenated alkanes) is 2. The molecule has 0 aliphatic heterocycles. The second-order valence-corrected chi connectivity index (χ2v) is 11.6. The number of anilines is 2. The summed E-state index contributed by atoms with van der Waals surface area (Å²) in [5.41, 5.74) is 1.82. The molecule has 0 spiro atoms. The molecule has 0 aliphatic rings. The fourth-order valence-electron chi connectivity index (χ4n) is 2.62. The van der Waals surface area contributed by atoms with E-state index in [1.54, 1.807) is 8.87 Å². The van der Waals surface area contributed by atoms with Crippen molar-refractivity contribution in [2.45, 2.75) is 62.3 Å². The van der Waals surface area contributed by atoms with Gasteiger partial charge in [0.2, 0.25) is 0 Å². The molecule has 0 unspecified atom stereocenters. The molecular formula is C25H38N2O2SSn. The van der Waals surface area contributed by atoms with Gasteiger partial charge < -0.3 is 20.1 Å². The fourth-order valence-corrected chi connectivity index (χ4v) is 7.02. The van der Waals surface area contributed by atoms with Gasteiger partial charge in [0.15, 0.2) is 5.11 Å². The van der Waals surface area contributed by atoms with Crippen LogP contribution < -0.4 is 20.1 Å². The zero-order valence-electron chi connectivity index (χ0n) is 19.5. The first-order chi connectivity index (χ1) is 15.1. The molecule has 2 aromatic carbocycles. The summed E-state index contributed by atoms with van der Waals surface area (Å²) in [6.45, 7) is 9.82. The molecule has 2 N–H and O–H groups in total. The van der Waals surface area contributed by atoms with E-state index in [1.165, 1.54) is 25.7 Å². The third-order valence-electron chi connectivity index (χ3n) is 4.26. The van der Waals surface area contributed by atoms with Crippen LogP contribution in [-0.4, -0.2) is 39.5 Å². The Kier molecular flexibility index (Phi) is 16.1. The maximum Gasteiger partial charge on any atom is 0.175 e. The molecule has 0 saturated heterocycles. The SMILES string of the molecule is CCC[CH2][Sn][CH2]CCC.CCOc1ccc(NC(=S)Nc2ccc(OCC)cc2)cc1. The van der Waals surface area contributed by atoms with Crippen LogP contribution in [0.5, 0.6) is 11.5 Å². The van der Waals surface area contributed by atoms with Crippen molar-refractivity contribution in [3.05, 3.63) is 48.5 Å². The number of benzene rings is 2. The molecule has 0 heterocycles. The minimum atomic E-state index is 0.149. The van der Waals surface area contributed by atoms with Crippen LogP contribution in [0.3, 0.4) is 0 Å². The van der Waals surface area contributed by atoms with Crippen LogP contribution in [0.25, 0.3) is 0 Å². The molecule has 0 atom stereocenters. The van der Waals surface area contributed by atoms with Gasteiger partial charge in [-0.1, -0.05) is 0 Å². The molecule has 6 heteroatoms. The molecule has 31 heavy (non-hydrogen) atoms. The topological polar surface area (TPSA) is 42.5 Å². The van der Waals surface area contributed by atoms with E-state index in [4.69, 9.17) is 21.7 Å². The van der Waals surface area contributed by atoms with Gasteiger partial charge >= 0.3 is 69.5 Å². The Bertz CT molecular complexity index is 649. The fraction of sp³-hybridized carbons (Fsp3) is 0.480. The Morgan fingerprint density at radius 2 is 1.10 bits per heavy atom. The predicted molar refractivity (Wildman–Crippen MR) is 140 cm³/mol. The molecule has 0 amide bonds. The standard InChI is InChI=1S/C17H20N2O2S.2C4H9.Sn/c1-3-20-15-9-5-13(6-10-15)18-17(22)19-14-7-11-16(12-8-14)21-4-2;2*1-3-4-2;/h5-12H,3-4H2,1-2H3,(H2,18,19,22);2*1,3-4H2,2H3;. The first kappa shape index (κ1) is 27.6. The molecule has 0 aliphatic carbocycles. The van der Waals surface area contributed by atoms with Gasteiger partial charge in [-0.3, -0.25) is 0 Å². The van der Waals surface area contributed by atoms with Gasteiger partial charge in [-0.25, -0.2) is 0 Å². The number of ether oxygens (including phenoxy) is 2. The monoisotopic (exact) mass is 550 g/mol. The Labute approximate surface area is 204 Å². The normalized spacial score (nSPS) is 9.94. The molecule has 0 aromatic heterocycles. The van der Waals surface area contributed by atoms with Gasteiger partial charge in [-0.15, -0.1) is 0 Å². The van der Waals surface area contributed by atoms with Crippen LogP contribution in [0.4, 0.5) is 11.4 Å². The largest absolute Gasteiger partial charge is 0.494 e. The Hall–Kier alpha value is -1.47. The molecule has 2 aromatic rings. The third kappa shape index (κ3) is 13.5. The molecular weight excluding hydrogens is 511 g/mol. The van der Waals surface area contributed by atoms with E-state index >= 15 is 0 Å². The third-order valence-corrected chi connectivity index (χ3v) is 8.50. The number of hydrogen-bond donors (Lipinski definition) is 2. The Morgan fingerprint density at radius 3 is 1.42 bits per heavy atom. The van der Waals surface area contributed by atoms with E-state index in [9.17, 15) is 0 Å². The van der Waals surface area contributed by atoms with Crippen LogP contribution in [0, 0.1) is 0 Å². The molecule has 170 valence electrons. The predicted octanol–water partition coefficient (Wildman–Crippen LogP) is 7.42. The quantitative estimate of drug-likeness (QED) is 0.164. The molecule has 2 radical (unpaired) electrons. The van der Waals surface area contributed by atoms with E-state index < -0.39 is 0 Å². The van der Waals surface area contributed by atoms with Crippen LogP contribution in [0.1, 0.15) is 53.4 Å². The van der Waals surface area contributed by atoms with Crippen molar-refractivity contribution in [3.8, 4) is 11.5 Å². The van der Waals surface area contributed by atoms with Crippen LogP contribution in [0.2, 0.25) is 8.87 Å².